The molecule has 0 aliphatic carbocycles. The number of nitrogens with two attached hydrogens (primary N) is 2. The Labute approximate surface area is 123 Å². The topological polar surface area (TPSA) is 104 Å². The third kappa shape index (κ3) is 2.45. The molecule has 20 heavy (non-hydrogen) atoms. The van der Waals surface area contributed by atoms with Gasteiger partial charge in [-0.3, -0.25) is 0 Å². The summed E-state index contributed by atoms with van der Waals surface area (Å²) in [6, 6.07) is 7.49. The molecule has 0 saturated carbocycles. The largest absolute Gasteiger partial charge is 0.382 e. The van der Waals surface area contributed by atoms with Crippen LogP contribution in [0.15, 0.2) is 40.4 Å². The summed E-state index contributed by atoms with van der Waals surface area (Å²) in [5.41, 5.74) is 12.1. The predicted molar refractivity (Wildman–Crippen MR) is 79.5 cm³/mol. The average Bonchev–Trinajstić information content (AvgIpc) is 2.42. The van der Waals surface area contributed by atoms with Crippen molar-refractivity contribution in [2.75, 3.05) is 11.5 Å². The molecule has 2 aromatic heterocycles. The summed E-state index contributed by atoms with van der Waals surface area (Å²) in [5, 5.41) is 1.31. The van der Waals surface area contributed by atoms with Crippen LogP contribution in [0, 0.1) is 0 Å². The SMILES string of the molecule is Nc1nc(N)c2nc(Sc3ccccc3Cl)cnc2n1. The van der Waals surface area contributed by atoms with Crippen molar-refractivity contribution in [2.24, 2.45) is 0 Å². The quantitative estimate of drug-likeness (QED) is 0.749. The first-order chi connectivity index (χ1) is 9.63. The van der Waals surface area contributed by atoms with Crippen LogP contribution in [0.4, 0.5) is 11.8 Å². The molecule has 3 aromatic rings. The lowest BCUT2D eigenvalue weighted by molar-refractivity contribution is 1.08. The van der Waals surface area contributed by atoms with Crippen molar-refractivity contribution in [1.82, 2.24) is 19.9 Å². The van der Waals surface area contributed by atoms with Crippen molar-refractivity contribution in [3.63, 3.8) is 0 Å². The summed E-state index contributed by atoms with van der Waals surface area (Å²) in [6.45, 7) is 0. The van der Waals surface area contributed by atoms with E-state index in [0.29, 0.717) is 21.2 Å². The maximum atomic E-state index is 6.11. The number of nitrogen functional groups attached to an aromatic ring is 2. The van der Waals surface area contributed by atoms with E-state index < -0.39 is 0 Å². The molecule has 3 rings (SSSR count). The highest BCUT2D eigenvalue weighted by atomic mass is 35.5. The number of aromatic nitrogens is 4. The second kappa shape index (κ2) is 5.10. The van der Waals surface area contributed by atoms with Crippen LogP contribution < -0.4 is 11.5 Å². The molecule has 100 valence electrons. The maximum Gasteiger partial charge on any atom is 0.224 e. The van der Waals surface area contributed by atoms with E-state index in [1.807, 2.05) is 24.3 Å². The second-order valence-corrected chi connectivity index (χ2v) is 5.35. The fourth-order valence-electron chi connectivity index (χ4n) is 1.62. The molecular formula is C12H9ClN6S. The highest BCUT2D eigenvalue weighted by Crippen LogP contribution is 2.32. The summed E-state index contributed by atoms with van der Waals surface area (Å²) < 4.78 is 0. The van der Waals surface area contributed by atoms with Gasteiger partial charge in [-0.05, 0) is 12.1 Å². The maximum absolute atomic E-state index is 6.11. The molecule has 4 N–H and O–H groups in total. The van der Waals surface area contributed by atoms with Crippen molar-refractivity contribution in [3.05, 3.63) is 35.5 Å². The number of rotatable bonds is 2. The minimum Gasteiger partial charge on any atom is -0.382 e. The Morgan fingerprint density at radius 2 is 1.85 bits per heavy atom. The first-order valence-corrected chi connectivity index (χ1v) is 6.81. The van der Waals surface area contributed by atoms with Crippen molar-refractivity contribution in [2.45, 2.75) is 9.92 Å². The molecule has 0 atom stereocenters. The minimum atomic E-state index is 0.0795. The van der Waals surface area contributed by atoms with Gasteiger partial charge < -0.3 is 11.5 Å². The number of fused-ring (bicyclic) bond motifs is 1. The molecule has 0 saturated heterocycles. The molecular weight excluding hydrogens is 296 g/mol. The zero-order chi connectivity index (χ0) is 14.1. The van der Waals surface area contributed by atoms with Gasteiger partial charge in [-0.1, -0.05) is 35.5 Å². The van der Waals surface area contributed by atoms with E-state index in [2.05, 4.69) is 19.9 Å². The van der Waals surface area contributed by atoms with E-state index in [1.165, 1.54) is 11.8 Å². The van der Waals surface area contributed by atoms with E-state index in [4.69, 9.17) is 23.1 Å². The molecule has 0 amide bonds. The number of halogens is 1. The van der Waals surface area contributed by atoms with Gasteiger partial charge in [0.1, 0.15) is 5.03 Å². The molecule has 8 heteroatoms. The van der Waals surface area contributed by atoms with Gasteiger partial charge in [0.25, 0.3) is 0 Å². The van der Waals surface area contributed by atoms with Gasteiger partial charge in [0.05, 0.1) is 11.2 Å². The number of hydrogen-bond donors (Lipinski definition) is 2. The first kappa shape index (κ1) is 12.9. The molecule has 0 aliphatic heterocycles. The molecule has 2 heterocycles. The van der Waals surface area contributed by atoms with E-state index in [-0.39, 0.29) is 11.8 Å². The van der Waals surface area contributed by atoms with Crippen LogP contribution in [0.25, 0.3) is 11.2 Å². The molecule has 0 bridgehead atoms. The number of hydrogen-bond acceptors (Lipinski definition) is 7. The van der Waals surface area contributed by atoms with Crippen LogP contribution in [-0.4, -0.2) is 19.9 Å². The second-order valence-electron chi connectivity index (χ2n) is 3.88. The fraction of sp³-hybridized carbons (Fsp3) is 0. The lowest BCUT2D eigenvalue weighted by Crippen LogP contribution is -2.03. The van der Waals surface area contributed by atoms with Gasteiger partial charge in [0.15, 0.2) is 17.0 Å². The lowest BCUT2D eigenvalue weighted by Gasteiger charge is -2.05. The van der Waals surface area contributed by atoms with Gasteiger partial charge in [-0.2, -0.15) is 9.97 Å². The molecule has 0 aliphatic rings. The summed E-state index contributed by atoms with van der Waals surface area (Å²) in [5.74, 6) is 0.289. The fourth-order valence-corrected chi connectivity index (χ4v) is 2.65. The standard InChI is InChI=1S/C12H9ClN6S/c13-6-3-1-2-4-7(6)20-8-5-16-11-9(17-8)10(14)18-12(15)19-11/h1-5H,(H4,14,15,16,18,19). The van der Waals surface area contributed by atoms with E-state index in [1.54, 1.807) is 6.20 Å². The summed E-state index contributed by atoms with van der Waals surface area (Å²) in [7, 11) is 0. The number of nitrogens with zero attached hydrogens (tertiary/aromatic N) is 4. The normalized spacial score (nSPS) is 10.8. The Morgan fingerprint density at radius 3 is 2.65 bits per heavy atom. The Bertz CT molecular complexity index is 794. The van der Waals surface area contributed by atoms with Crippen LogP contribution in [-0.2, 0) is 0 Å². The minimum absolute atomic E-state index is 0.0795. The zero-order valence-corrected chi connectivity index (χ0v) is 11.7. The van der Waals surface area contributed by atoms with Crippen LogP contribution in [0.2, 0.25) is 5.02 Å². The average molecular weight is 305 g/mol. The number of benzene rings is 1. The van der Waals surface area contributed by atoms with Crippen LogP contribution in [0.5, 0.6) is 0 Å². The van der Waals surface area contributed by atoms with E-state index in [0.717, 1.165) is 4.90 Å². The monoisotopic (exact) mass is 304 g/mol. The number of anilines is 2. The lowest BCUT2D eigenvalue weighted by atomic mass is 10.4. The summed E-state index contributed by atoms with van der Waals surface area (Å²) in [6.07, 6.45) is 1.60. The van der Waals surface area contributed by atoms with E-state index >= 15 is 0 Å². The first-order valence-electron chi connectivity index (χ1n) is 5.61. The summed E-state index contributed by atoms with van der Waals surface area (Å²) in [4.78, 5) is 17.3. The van der Waals surface area contributed by atoms with Crippen molar-refractivity contribution >= 4 is 46.3 Å². The van der Waals surface area contributed by atoms with Crippen LogP contribution >= 0.6 is 23.4 Å². The molecule has 0 spiro atoms. The Morgan fingerprint density at radius 1 is 1.05 bits per heavy atom. The molecule has 0 unspecified atom stereocenters. The van der Waals surface area contributed by atoms with Gasteiger partial charge >= 0.3 is 0 Å². The third-order valence-corrected chi connectivity index (χ3v) is 3.90. The molecule has 6 nitrogen and oxygen atoms in total. The van der Waals surface area contributed by atoms with Gasteiger partial charge in [0, 0.05) is 4.90 Å². The highest BCUT2D eigenvalue weighted by molar-refractivity contribution is 7.99. The van der Waals surface area contributed by atoms with Crippen molar-refractivity contribution in [3.8, 4) is 0 Å². The van der Waals surface area contributed by atoms with Gasteiger partial charge in [0.2, 0.25) is 5.95 Å². The predicted octanol–water partition coefficient (Wildman–Crippen LogP) is 2.39. The smallest absolute Gasteiger partial charge is 0.224 e. The summed E-state index contributed by atoms with van der Waals surface area (Å²) >= 11 is 7.50. The van der Waals surface area contributed by atoms with Crippen LogP contribution in [0.1, 0.15) is 0 Å². The third-order valence-electron chi connectivity index (χ3n) is 2.48. The van der Waals surface area contributed by atoms with Gasteiger partial charge in [-0.25, -0.2) is 9.97 Å². The zero-order valence-electron chi connectivity index (χ0n) is 10.1. The Balaban J connectivity index is 2.03. The Kier molecular flexibility index (Phi) is 3.29. The highest BCUT2D eigenvalue weighted by Gasteiger charge is 2.09. The molecule has 0 fully saturated rings. The molecule has 0 radical (unpaired) electrons. The van der Waals surface area contributed by atoms with Crippen molar-refractivity contribution in [1.29, 1.82) is 0 Å². The molecule has 1 aromatic carbocycles. The van der Waals surface area contributed by atoms with Crippen LogP contribution in [0.3, 0.4) is 0 Å². The van der Waals surface area contributed by atoms with E-state index in [9.17, 15) is 0 Å². The Hall–Kier alpha value is -2.12. The van der Waals surface area contributed by atoms with Crippen molar-refractivity contribution < 1.29 is 0 Å². The van der Waals surface area contributed by atoms with Gasteiger partial charge in [-0.15, -0.1) is 0 Å².